The number of allylic oxidation sites excluding steroid dienone is 1. The fourth-order valence-corrected chi connectivity index (χ4v) is 3.23. The van der Waals surface area contributed by atoms with Gasteiger partial charge in [-0.3, -0.25) is 0 Å². The van der Waals surface area contributed by atoms with Crippen LogP contribution in [-0.2, 0) is 12.7 Å². The van der Waals surface area contributed by atoms with Crippen LogP contribution in [0.4, 0.5) is 17.6 Å². The van der Waals surface area contributed by atoms with Crippen molar-refractivity contribution in [3.63, 3.8) is 0 Å². The number of hydrogen-bond donors (Lipinski definition) is 2. The summed E-state index contributed by atoms with van der Waals surface area (Å²) in [5, 5.41) is 6.19. The predicted molar refractivity (Wildman–Crippen MR) is 129 cm³/mol. The van der Waals surface area contributed by atoms with Gasteiger partial charge in [0.05, 0.1) is 17.0 Å². The summed E-state index contributed by atoms with van der Waals surface area (Å²) in [5.74, 6) is -1.26. The maximum atomic E-state index is 13.7. The van der Waals surface area contributed by atoms with E-state index in [0.717, 1.165) is 43.6 Å². The van der Waals surface area contributed by atoms with Gasteiger partial charge in [-0.15, -0.1) is 0 Å². The molecule has 0 aromatic heterocycles. The summed E-state index contributed by atoms with van der Waals surface area (Å²) in [4.78, 5) is 2.01. The minimum atomic E-state index is -4.72. The number of alkyl halides is 3. The molecule has 1 aromatic rings. The fraction of sp³-hybridized carbons (Fsp3) is 0.600. The third kappa shape index (κ3) is 10.5. The van der Waals surface area contributed by atoms with Crippen LogP contribution in [0, 0.1) is 5.82 Å². The molecular weight excluding hydrogens is 418 g/mol. The molecule has 2 N–H and O–H groups in total. The molecule has 1 aromatic carbocycles. The number of rotatable bonds is 11. The Bertz CT molecular complexity index is 670. The summed E-state index contributed by atoms with van der Waals surface area (Å²) in [6, 6.07) is 3.28. The highest BCUT2D eigenvalue weighted by molar-refractivity contribution is 5.30. The van der Waals surface area contributed by atoms with Crippen LogP contribution in [0.25, 0.3) is 0 Å². The average molecular weight is 462 g/mol. The lowest BCUT2D eigenvalue weighted by atomic mass is 10.0. The molecule has 0 bridgehead atoms. The van der Waals surface area contributed by atoms with Gasteiger partial charge in [-0.1, -0.05) is 53.3 Å². The average Bonchev–Trinajstić information content (AvgIpc) is 2.79. The van der Waals surface area contributed by atoms with Gasteiger partial charge in [-0.25, -0.2) is 4.39 Å². The largest absolute Gasteiger partial charge is 0.419 e. The van der Waals surface area contributed by atoms with Crippen molar-refractivity contribution in [2.45, 2.75) is 79.6 Å². The first-order valence-corrected chi connectivity index (χ1v) is 11.5. The Labute approximate surface area is 193 Å². The van der Waals surface area contributed by atoms with Crippen molar-refractivity contribution in [3.05, 3.63) is 59.2 Å². The highest BCUT2D eigenvalue weighted by Gasteiger charge is 2.34. The van der Waals surface area contributed by atoms with Crippen molar-refractivity contribution in [2.24, 2.45) is 0 Å². The zero-order valence-electron chi connectivity index (χ0n) is 21.1. The van der Waals surface area contributed by atoms with Crippen LogP contribution in [0.5, 0.6) is 0 Å². The summed E-state index contributed by atoms with van der Waals surface area (Å²) in [7, 11) is 3.66. The molecule has 7 heteroatoms. The van der Waals surface area contributed by atoms with Gasteiger partial charge in [-0.2, -0.15) is 13.2 Å². The Kier molecular flexibility index (Phi) is 17.6. The van der Waals surface area contributed by atoms with E-state index in [9.17, 15) is 17.6 Å². The summed E-state index contributed by atoms with van der Waals surface area (Å²) >= 11 is 0. The van der Waals surface area contributed by atoms with Crippen molar-refractivity contribution in [1.29, 1.82) is 0 Å². The van der Waals surface area contributed by atoms with E-state index in [1.54, 1.807) is 7.05 Å². The molecule has 0 radical (unpaired) electrons. The zero-order chi connectivity index (χ0) is 25.3. The predicted octanol–water partition coefficient (Wildman–Crippen LogP) is 7.11. The van der Waals surface area contributed by atoms with E-state index in [0.29, 0.717) is 11.3 Å². The van der Waals surface area contributed by atoms with Crippen molar-refractivity contribution >= 4 is 0 Å². The lowest BCUT2D eigenvalue weighted by Crippen LogP contribution is -2.36. The minimum Gasteiger partial charge on any atom is -0.387 e. The molecule has 1 rings (SSSR count). The Balaban J connectivity index is 0. The smallest absolute Gasteiger partial charge is 0.387 e. The fourth-order valence-electron chi connectivity index (χ4n) is 3.23. The molecule has 32 heavy (non-hydrogen) atoms. The molecule has 0 amide bonds. The minimum absolute atomic E-state index is 0.100. The van der Waals surface area contributed by atoms with Gasteiger partial charge >= 0.3 is 6.18 Å². The Hall–Kier alpha value is -2.02. The molecule has 0 aliphatic rings. The van der Waals surface area contributed by atoms with Gasteiger partial charge in [0.2, 0.25) is 0 Å². The van der Waals surface area contributed by atoms with Crippen molar-refractivity contribution in [2.75, 3.05) is 20.6 Å². The van der Waals surface area contributed by atoms with E-state index < -0.39 is 17.6 Å². The Morgan fingerprint density at radius 2 is 1.75 bits per heavy atom. The van der Waals surface area contributed by atoms with Gasteiger partial charge in [0.1, 0.15) is 5.82 Å². The van der Waals surface area contributed by atoms with Crippen molar-refractivity contribution in [3.8, 4) is 0 Å². The first-order chi connectivity index (χ1) is 15.2. The lowest BCUT2D eigenvalue weighted by molar-refractivity contribution is -0.140. The van der Waals surface area contributed by atoms with E-state index >= 15 is 0 Å². The van der Waals surface area contributed by atoms with Crippen LogP contribution in [0.15, 0.2) is 42.2 Å². The van der Waals surface area contributed by atoms with Crippen LogP contribution < -0.4 is 10.6 Å². The summed E-state index contributed by atoms with van der Waals surface area (Å²) < 4.78 is 52.9. The molecule has 0 heterocycles. The maximum Gasteiger partial charge on any atom is 0.419 e. The molecule has 0 aliphatic carbocycles. The van der Waals surface area contributed by atoms with Gasteiger partial charge in [-0.05, 0) is 57.5 Å². The second-order valence-electron chi connectivity index (χ2n) is 6.65. The van der Waals surface area contributed by atoms with Crippen LogP contribution in [0.1, 0.15) is 71.9 Å². The monoisotopic (exact) mass is 461 g/mol. The first-order valence-electron chi connectivity index (χ1n) is 11.5. The van der Waals surface area contributed by atoms with Gasteiger partial charge in [0.25, 0.3) is 0 Å². The molecule has 0 fully saturated rings. The zero-order valence-corrected chi connectivity index (χ0v) is 21.1. The second-order valence-corrected chi connectivity index (χ2v) is 6.65. The number of likely N-dealkylation sites (N-methyl/N-ethyl adjacent to an activating group) is 1. The Morgan fingerprint density at radius 1 is 1.16 bits per heavy atom. The van der Waals surface area contributed by atoms with Crippen LogP contribution in [0.3, 0.4) is 0 Å². The SMILES string of the molecule is C=C(/C(=C/C)NC)N(Cc1ccc(F)c(C(F)(F)F)c1)C(CC)CCCNC.CC.CC. The molecule has 0 saturated heterocycles. The first kappa shape index (κ1) is 32.2. The standard InChI is InChI=1S/C21H31F4N3.2C2H6/c1-6-17(9-8-12-26-4)28(15(3)20(7-2)27-5)14-16-10-11-19(22)18(13-16)21(23,24)25;2*1-2/h7,10-11,13,17,26-27H,3,6,8-9,12,14H2,1-2,4-5H3;2*1-2H3/b20-7-;;. The molecule has 1 unspecified atom stereocenters. The van der Waals surface area contributed by atoms with Gasteiger partial charge in [0, 0.05) is 19.6 Å². The normalized spacial score (nSPS) is 12.1. The Morgan fingerprint density at radius 3 is 2.19 bits per heavy atom. The number of benzene rings is 1. The summed E-state index contributed by atoms with van der Waals surface area (Å²) in [6.45, 7) is 17.2. The highest BCUT2D eigenvalue weighted by Crippen LogP contribution is 2.33. The molecular formula is C25H43F4N3. The maximum absolute atomic E-state index is 13.7. The van der Waals surface area contributed by atoms with Crippen LogP contribution >= 0.6 is 0 Å². The number of halogens is 4. The number of nitrogens with one attached hydrogen (secondary N) is 2. The van der Waals surface area contributed by atoms with E-state index in [2.05, 4.69) is 17.2 Å². The van der Waals surface area contributed by atoms with Crippen molar-refractivity contribution in [1.82, 2.24) is 15.5 Å². The quantitative estimate of drug-likeness (QED) is 0.209. The van der Waals surface area contributed by atoms with Gasteiger partial charge in [0.15, 0.2) is 0 Å². The van der Waals surface area contributed by atoms with E-state index in [4.69, 9.17) is 0 Å². The number of hydrogen-bond acceptors (Lipinski definition) is 3. The number of nitrogens with zero attached hydrogens (tertiary/aromatic N) is 1. The van der Waals surface area contributed by atoms with Crippen molar-refractivity contribution < 1.29 is 17.6 Å². The molecule has 0 aliphatic heterocycles. The summed E-state index contributed by atoms with van der Waals surface area (Å²) in [6.07, 6.45) is -0.234. The third-order valence-corrected chi connectivity index (χ3v) is 4.78. The third-order valence-electron chi connectivity index (χ3n) is 4.78. The lowest BCUT2D eigenvalue weighted by Gasteiger charge is -2.36. The van der Waals surface area contributed by atoms with Crippen LogP contribution in [0.2, 0.25) is 0 Å². The van der Waals surface area contributed by atoms with E-state index in [1.807, 2.05) is 59.6 Å². The molecule has 3 nitrogen and oxygen atoms in total. The molecule has 1 atom stereocenters. The highest BCUT2D eigenvalue weighted by atomic mass is 19.4. The summed E-state index contributed by atoms with van der Waals surface area (Å²) in [5.41, 5.74) is 0.677. The van der Waals surface area contributed by atoms with E-state index in [-0.39, 0.29) is 12.6 Å². The van der Waals surface area contributed by atoms with Crippen LogP contribution in [-0.4, -0.2) is 31.6 Å². The molecule has 0 spiro atoms. The second kappa shape index (κ2) is 17.5. The molecule has 0 saturated carbocycles. The molecule has 186 valence electrons. The van der Waals surface area contributed by atoms with Gasteiger partial charge < -0.3 is 15.5 Å². The van der Waals surface area contributed by atoms with E-state index in [1.165, 1.54) is 6.07 Å². The topological polar surface area (TPSA) is 27.3 Å².